The number of nitrogens with one attached hydrogen (secondary N) is 1. The lowest BCUT2D eigenvalue weighted by Gasteiger charge is -2.12. The largest absolute Gasteiger partial charge is 0.325 e. The minimum atomic E-state index is -0.115. The van der Waals surface area contributed by atoms with Crippen molar-refractivity contribution in [3.8, 4) is 17.1 Å². The Labute approximate surface area is 183 Å². The van der Waals surface area contributed by atoms with Gasteiger partial charge in [-0.05, 0) is 55.0 Å². The molecule has 150 valence electrons. The van der Waals surface area contributed by atoms with Gasteiger partial charge in [0.2, 0.25) is 5.91 Å². The summed E-state index contributed by atoms with van der Waals surface area (Å²) >= 11 is 7.53. The molecule has 0 bridgehead atoms. The molecule has 0 aliphatic carbocycles. The molecule has 1 N–H and O–H groups in total. The molecule has 8 heteroatoms. The molecular formula is C22H18ClN5OS. The van der Waals surface area contributed by atoms with Gasteiger partial charge in [0.1, 0.15) is 0 Å². The van der Waals surface area contributed by atoms with Crippen molar-refractivity contribution in [2.75, 3.05) is 11.1 Å². The van der Waals surface area contributed by atoms with Crippen molar-refractivity contribution in [3.05, 3.63) is 83.6 Å². The predicted octanol–water partition coefficient (Wildman–Crippen LogP) is 5.02. The monoisotopic (exact) mass is 435 g/mol. The number of carbonyl (C=O) groups is 1. The van der Waals surface area contributed by atoms with Gasteiger partial charge < -0.3 is 5.32 Å². The number of amides is 1. The second kappa shape index (κ2) is 9.11. The van der Waals surface area contributed by atoms with E-state index in [9.17, 15) is 4.79 Å². The van der Waals surface area contributed by atoms with Crippen LogP contribution in [0.5, 0.6) is 0 Å². The van der Waals surface area contributed by atoms with E-state index in [0.717, 1.165) is 22.5 Å². The normalized spacial score (nSPS) is 10.7. The van der Waals surface area contributed by atoms with Gasteiger partial charge in [-0.3, -0.25) is 14.3 Å². The molecule has 30 heavy (non-hydrogen) atoms. The van der Waals surface area contributed by atoms with Gasteiger partial charge in [0.25, 0.3) is 0 Å². The lowest BCUT2D eigenvalue weighted by molar-refractivity contribution is -0.113. The van der Waals surface area contributed by atoms with Crippen molar-refractivity contribution in [2.24, 2.45) is 0 Å². The van der Waals surface area contributed by atoms with E-state index in [2.05, 4.69) is 20.5 Å². The van der Waals surface area contributed by atoms with Crippen LogP contribution in [0.1, 0.15) is 5.56 Å². The summed E-state index contributed by atoms with van der Waals surface area (Å²) < 4.78 is 1.92. The molecule has 0 radical (unpaired) electrons. The fourth-order valence-corrected chi connectivity index (χ4v) is 3.76. The highest BCUT2D eigenvalue weighted by atomic mass is 35.5. The van der Waals surface area contributed by atoms with Gasteiger partial charge in [0, 0.05) is 28.7 Å². The van der Waals surface area contributed by atoms with Gasteiger partial charge in [-0.25, -0.2) is 0 Å². The van der Waals surface area contributed by atoms with Crippen LogP contribution >= 0.6 is 23.4 Å². The molecule has 0 saturated heterocycles. The number of halogens is 1. The molecule has 0 unspecified atom stereocenters. The Bertz CT molecular complexity index is 1160. The lowest BCUT2D eigenvalue weighted by Crippen LogP contribution is -2.14. The van der Waals surface area contributed by atoms with Crippen LogP contribution in [0.25, 0.3) is 17.1 Å². The summed E-state index contributed by atoms with van der Waals surface area (Å²) in [4.78, 5) is 16.6. The van der Waals surface area contributed by atoms with Crippen LogP contribution < -0.4 is 5.32 Å². The van der Waals surface area contributed by atoms with E-state index in [0.29, 0.717) is 16.0 Å². The summed E-state index contributed by atoms with van der Waals surface area (Å²) in [7, 11) is 0. The number of pyridine rings is 1. The van der Waals surface area contributed by atoms with Crippen LogP contribution in [0.2, 0.25) is 5.02 Å². The third-order valence-electron chi connectivity index (χ3n) is 4.34. The average molecular weight is 436 g/mol. The zero-order chi connectivity index (χ0) is 20.9. The summed E-state index contributed by atoms with van der Waals surface area (Å²) in [5.41, 5.74) is 3.40. The van der Waals surface area contributed by atoms with E-state index in [1.807, 2.05) is 72.2 Å². The Morgan fingerprint density at radius 3 is 2.67 bits per heavy atom. The molecule has 4 rings (SSSR count). The molecule has 0 atom stereocenters. The molecule has 0 fully saturated rings. The van der Waals surface area contributed by atoms with Crippen molar-refractivity contribution < 1.29 is 4.79 Å². The highest BCUT2D eigenvalue weighted by molar-refractivity contribution is 7.99. The molecule has 2 aromatic heterocycles. The van der Waals surface area contributed by atoms with Gasteiger partial charge in [0.05, 0.1) is 11.4 Å². The maximum absolute atomic E-state index is 12.4. The van der Waals surface area contributed by atoms with Gasteiger partial charge >= 0.3 is 0 Å². The lowest BCUT2D eigenvalue weighted by atomic mass is 10.2. The fraction of sp³-hybridized carbons (Fsp3) is 0.0909. The maximum Gasteiger partial charge on any atom is 0.234 e. The first kappa shape index (κ1) is 20.1. The number of benzene rings is 2. The molecule has 0 aliphatic rings. The Morgan fingerprint density at radius 1 is 1.10 bits per heavy atom. The molecule has 1 amide bonds. The van der Waals surface area contributed by atoms with Crippen LogP contribution in [-0.2, 0) is 4.79 Å². The Balaban J connectivity index is 1.63. The molecule has 0 saturated carbocycles. The van der Waals surface area contributed by atoms with E-state index in [1.165, 1.54) is 11.8 Å². The molecule has 2 heterocycles. The number of aryl methyl sites for hydroxylation is 1. The summed E-state index contributed by atoms with van der Waals surface area (Å²) in [6, 6.07) is 18.9. The standard InChI is InChI=1S/C22H18ClN5OS/c1-15-12-18(9-10-19(15)23)28-21(16-6-5-11-24-13-16)26-27-22(28)30-14-20(29)25-17-7-3-2-4-8-17/h2-13H,14H2,1H3,(H,25,29). The summed E-state index contributed by atoms with van der Waals surface area (Å²) in [5.74, 6) is 0.735. The highest BCUT2D eigenvalue weighted by Crippen LogP contribution is 2.29. The van der Waals surface area contributed by atoms with Crippen LogP contribution in [0.15, 0.2) is 78.2 Å². The van der Waals surface area contributed by atoms with Crippen LogP contribution in [0.4, 0.5) is 5.69 Å². The van der Waals surface area contributed by atoms with Crippen molar-refractivity contribution in [2.45, 2.75) is 12.1 Å². The first-order chi connectivity index (χ1) is 14.6. The average Bonchev–Trinajstić information content (AvgIpc) is 3.19. The summed E-state index contributed by atoms with van der Waals surface area (Å²) in [6.45, 7) is 1.94. The SMILES string of the molecule is Cc1cc(-n2c(SCC(=O)Nc3ccccc3)nnc2-c2cccnc2)ccc1Cl. The van der Waals surface area contributed by atoms with E-state index >= 15 is 0 Å². The predicted molar refractivity (Wildman–Crippen MR) is 120 cm³/mol. The number of hydrogen-bond donors (Lipinski definition) is 1. The Kier molecular flexibility index (Phi) is 6.11. The zero-order valence-corrected chi connectivity index (χ0v) is 17.7. The number of para-hydroxylation sites is 1. The zero-order valence-electron chi connectivity index (χ0n) is 16.1. The topological polar surface area (TPSA) is 72.7 Å². The van der Waals surface area contributed by atoms with Crippen molar-refractivity contribution in [1.82, 2.24) is 19.7 Å². The maximum atomic E-state index is 12.4. The van der Waals surface area contributed by atoms with E-state index in [4.69, 9.17) is 11.6 Å². The number of rotatable bonds is 6. The molecule has 4 aromatic rings. The minimum absolute atomic E-state index is 0.115. The van der Waals surface area contributed by atoms with Gasteiger partial charge in [-0.15, -0.1) is 10.2 Å². The number of anilines is 1. The Hall–Kier alpha value is -3.16. The van der Waals surface area contributed by atoms with Crippen molar-refractivity contribution in [1.29, 1.82) is 0 Å². The van der Waals surface area contributed by atoms with Crippen molar-refractivity contribution in [3.63, 3.8) is 0 Å². The minimum Gasteiger partial charge on any atom is -0.325 e. The third kappa shape index (κ3) is 4.53. The fourth-order valence-electron chi connectivity index (χ4n) is 2.89. The van der Waals surface area contributed by atoms with E-state index in [1.54, 1.807) is 12.4 Å². The highest BCUT2D eigenvalue weighted by Gasteiger charge is 2.18. The molecular weight excluding hydrogens is 418 g/mol. The number of thioether (sulfide) groups is 1. The molecule has 2 aromatic carbocycles. The quantitative estimate of drug-likeness (QED) is 0.430. The number of nitrogens with zero attached hydrogens (tertiary/aromatic N) is 4. The van der Waals surface area contributed by atoms with Gasteiger partial charge in [0.15, 0.2) is 11.0 Å². The molecule has 0 spiro atoms. The number of hydrogen-bond acceptors (Lipinski definition) is 5. The second-order valence-corrected chi connectivity index (χ2v) is 7.87. The van der Waals surface area contributed by atoms with Crippen LogP contribution in [-0.4, -0.2) is 31.4 Å². The number of carbonyl (C=O) groups excluding carboxylic acids is 1. The summed E-state index contributed by atoms with van der Waals surface area (Å²) in [5, 5.41) is 12.9. The smallest absolute Gasteiger partial charge is 0.234 e. The first-order valence-corrected chi connectivity index (χ1v) is 10.6. The third-order valence-corrected chi connectivity index (χ3v) is 5.70. The summed E-state index contributed by atoms with van der Waals surface area (Å²) in [6.07, 6.45) is 3.44. The van der Waals surface area contributed by atoms with Crippen LogP contribution in [0, 0.1) is 6.92 Å². The van der Waals surface area contributed by atoms with Crippen LogP contribution in [0.3, 0.4) is 0 Å². The van der Waals surface area contributed by atoms with E-state index in [-0.39, 0.29) is 11.7 Å². The number of aromatic nitrogens is 4. The van der Waals surface area contributed by atoms with Crippen molar-refractivity contribution >= 4 is 35.0 Å². The van der Waals surface area contributed by atoms with Gasteiger partial charge in [-0.1, -0.05) is 41.6 Å². The first-order valence-electron chi connectivity index (χ1n) is 9.22. The Morgan fingerprint density at radius 2 is 1.93 bits per heavy atom. The molecule has 6 nitrogen and oxygen atoms in total. The molecule has 0 aliphatic heterocycles. The van der Waals surface area contributed by atoms with E-state index < -0.39 is 0 Å². The second-order valence-electron chi connectivity index (χ2n) is 6.52. The van der Waals surface area contributed by atoms with Gasteiger partial charge in [-0.2, -0.15) is 0 Å².